The van der Waals surface area contributed by atoms with Crippen LogP contribution in [0.1, 0.15) is 66.5 Å². The van der Waals surface area contributed by atoms with Crippen LogP contribution in [-0.4, -0.2) is 11.2 Å². The summed E-state index contributed by atoms with van der Waals surface area (Å²) >= 11 is 0. The van der Waals surface area contributed by atoms with Gasteiger partial charge in [0.25, 0.3) is 0 Å². The largest absolute Gasteiger partial charge is 0.226 e. The van der Waals surface area contributed by atoms with E-state index in [0.29, 0.717) is 0 Å². The summed E-state index contributed by atoms with van der Waals surface area (Å²) in [5, 5.41) is 0. The zero-order chi connectivity index (χ0) is 20.2. The number of hydrogen-bond acceptors (Lipinski definition) is 4. The van der Waals surface area contributed by atoms with E-state index in [1.54, 1.807) is 12.2 Å². The van der Waals surface area contributed by atoms with E-state index >= 15 is 0 Å². The number of benzene rings is 1. The van der Waals surface area contributed by atoms with Crippen LogP contribution in [0.15, 0.2) is 49.6 Å². The zero-order valence-electron chi connectivity index (χ0n) is 17.5. The van der Waals surface area contributed by atoms with Gasteiger partial charge in [0.2, 0.25) is 0 Å². The quantitative estimate of drug-likeness (QED) is 0.291. The molecule has 4 heteroatoms. The van der Waals surface area contributed by atoms with Crippen LogP contribution in [0.4, 0.5) is 0 Å². The Morgan fingerprint density at radius 2 is 1.00 bits per heavy atom. The third-order valence-corrected chi connectivity index (χ3v) is 4.17. The summed E-state index contributed by atoms with van der Waals surface area (Å²) in [5.41, 5.74) is -0.492. The minimum Gasteiger partial charge on any atom is -0.226 e. The highest BCUT2D eigenvalue weighted by Crippen LogP contribution is 2.33. The Labute approximate surface area is 158 Å². The average Bonchev–Trinajstić information content (AvgIpc) is 2.59. The lowest BCUT2D eigenvalue weighted by molar-refractivity contribution is -0.396. The molecule has 0 aliphatic heterocycles. The van der Waals surface area contributed by atoms with Crippen molar-refractivity contribution < 1.29 is 19.6 Å². The van der Waals surface area contributed by atoms with Crippen LogP contribution in [-0.2, 0) is 30.8 Å². The Balaban J connectivity index is 2.98. The molecule has 0 bridgehead atoms. The summed E-state index contributed by atoms with van der Waals surface area (Å²) in [6.45, 7) is 22.9. The van der Waals surface area contributed by atoms with Crippen LogP contribution >= 0.6 is 0 Å². The minimum absolute atomic E-state index is 0.568. The topological polar surface area (TPSA) is 36.9 Å². The second-order valence-corrected chi connectivity index (χ2v) is 8.55. The van der Waals surface area contributed by atoms with E-state index in [0.717, 1.165) is 11.1 Å². The van der Waals surface area contributed by atoms with Gasteiger partial charge >= 0.3 is 0 Å². The van der Waals surface area contributed by atoms with E-state index in [4.69, 9.17) is 19.6 Å². The average molecular weight is 363 g/mol. The Hall–Kier alpha value is -1.46. The summed E-state index contributed by atoms with van der Waals surface area (Å²) in [6.07, 6.45) is 3.41. The summed E-state index contributed by atoms with van der Waals surface area (Å²) in [4.78, 5) is 22.5. The fourth-order valence-electron chi connectivity index (χ4n) is 1.86. The molecular weight excluding hydrogens is 328 g/mol. The monoisotopic (exact) mass is 362 g/mol. The molecule has 0 heterocycles. The van der Waals surface area contributed by atoms with E-state index in [9.17, 15) is 0 Å². The summed E-state index contributed by atoms with van der Waals surface area (Å²) in [5.74, 6) is 0. The lowest BCUT2D eigenvalue weighted by atomic mass is 9.91. The van der Waals surface area contributed by atoms with Gasteiger partial charge in [-0.1, -0.05) is 30.4 Å². The number of rotatable bonds is 10. The van der Waals surface area contributed by atoms with Gasteiger partial charge in [0.15, 0.2) is 0 Å². The van der Waals surface area contributed by atoms with Crippen molar-refractivity contribution in [2.45, 2.75) is 77.8 Å². The highest BCUT2D eigenvalue weighted by atomic mass is 17.2. The van der Waals surface area contributed by atoms with Crippen molar-refractivity contribution in [3.05, 3.63) is 60.7 Å². The van der Waals surface area contributed by atoms with Gasteiger partial charge in [0.1, 0.15) is 22.4 Å². The highest BCUT2D eigenvalue weighted by molar-refractivity contribution is 5.30. The maximum absolute atomic E-state index is 5.71. The Morgan fingerprint density at radius 1 is 0.654 bits per heavy atom. The summed E-state index contributed by atoms with van der Waals surface area (Å²) in [6, 6.07) is 8.00. The Bertz CT molecular complexity index is 576. The molecule has 0 saturated heterocycles. The highest BCUT2D eigenvalue weighted by Gasteiger charge is 2.31. The molecule has 0 spiro atoms. The molecule has 0 amide bonds. The molecule has 1 aromatic rings. The standard InChI is InChI=1S/C22H34O4/c1-11-19(3,4)23-25-21(7,8)17-14-13-15-18(16-17)22(9,10)26-24-20(5,6)12-2/h11-16H,1-2H2,3-10H3. The fraction of sp³-hybridized carbons (Fsp3) is 0.545. The SMILES string of the molecule is C=CC(C)(C)OOC(C)(C)c1cccc(C(C)(C)OOC(C)(C)C=C)c1. The molecule has 0 fully saturated rings. The first kappa shape index (κ1) is 22.6. The molecule has 0 aliphatic rings. The molecule has 0 aliphatic carbocycles. The maximum atomic E-state index is 5.71. The van der Waals surface area contributed by atoms with Gasteiger partial charge < -0.3 is 0 Å². The van der Waals surface area contributed by atoms with Crippen molar-refractivity contribution in [2.24, 2.45) is 0 Å². The van der Waals surface area contributed by atoms with Crippen molar-refractivity contribution in [3.8, 4) is 0 Å². The van der Waals surface area contributed by atoms with Crippen molar-refractivity contribution >= 4 is 0 Å². The predicted molar refractivity (Wildman–Crippen MR) is 105 cm³/mol. The fourth-order valence-corrected chi connectivity index (χ4v) is 1.86. The van der Waals surface area contributed by atoms with Crippen LogP contribution in [0.5, 0.6) is 0 Å². The molecule has 0 unspecified atom stereocenters. The third-order valence-electron chi connectivity index (χ3n) is 4.17. The van der Waals surface area contributed by atoms with Gasteiger partial charge in [0, 0.05) is 0 Å². The summed E-state index contributed by atoms with van der Waals surface area (Å²) < 4.78 is 0. The lowest BCUT2D eigenvalue weighted by Crippen LogP contribution is -2.31. The second kappa shape index (κ2) is 8.05. The van der Waals surface area contributed by atoms with E-state index in [1.165, 1.54) is 0 Å². The first-order valence-electron chi connectivity index (χ1n) is 8.87. The van der Waals surface area contributed by atoms with Crippen LogP contribution in [0.3, 0.4) is 0 Å². The van der Waals surface area contributed by atoms with Gasteiger partial charge in [-0.05, 0) is 72.6 Å². The van der Waals surface area contributed by atoms with Gasteiger partial charge in [-0.25, -0.2) is 19.6 Å². The molecule has 146 valence electrons. The zero-order valence-corrected chi connectivity index (χ0v) is 17.5. The maximum Gasteiger partial charge on any atom is 0.123 e. The van der Waals surface area contributed by atoms with Gasteiger partial charge in [-0.3, -0.25) is 0 Å². The molecular formula is C22H34O4. The van der Waals surface area contributed by atoms with Gasteiger partial charge in [-0.2, -0.15) is 0 Å². The van der Waals surface area contributed by atoms with Crippen LogP contribution < -0.4 is 0 Å². The summed E-state index contributed by atoms with van der Waals surface area (Å²) in [7, 11) is 0. The van der Waals surface area contributed by atoms with Gasteiger partial charge in [0.05, 0.1) is 0 Å². The molecule has 0 N–H and O–H groups in total. The molecule has 0 saturated carbocycles. The molecule has 26 heavy (non-hydrogen) atoms. The second-order valence-electron chi connectivity index (χ2n) is 8.55. The predicted octanol–water partition coefficient (Wildman–Crippen LogP) is 5.98. The van der Waals surface area contributed by atoms with Crippen LogP contribution in [0, 0.1) is 0 Å². The Kier molecular flexibility index (Phi) is 6.99. The van der Waals surface area contributed by atoms with Crippen LogP contribution in [0.2, 0.25) is 0 Å². The van der Waals surface area contributed by atoms with E-state index in [-0.39, 0.29) is 0 Å². The normalized spacial score (nSPS) is 13.5. The first-order chi connectivity index (χ1) is 11.7. The number of hydrogen-bond donors (Lipinski definition) is 0. The molecule has 0 radical (unpaired) electrons. The van der Waals surface area contributed by atoms with Crippen molar-refractivity contribution in [1.82, 2.24) is 0 Å². The van der Waals surface area contributed by atoms with Gasteiger partial charge in [-0.15, -0.1) is 13.2 Å². The third kappa shape index (κ3) is 6.36. The van der Waals surface area contributed by atoms with Crippen molar-refractivity contribution in [3.63, 3.8) is 0 Å². The van der Waals surface area contributed by atoms with E-state index in [2.05, 4.69) is 13.2 Å². The lowest BCUT2D eigenvalue weighted by Gasteiger charge is -2.32. The molecule has 0 aromatic heterocycles. The molecule has 1 rings (SSSR count). The Morgan fingerprint density at radius 3 is 1.31 bits per heavy atom. The van der Waals surface area contributed by atoms with E-state index in [1.807, 2.05) is 79.7 Å². The first-order valence-corrected chi connectivity index (χ1v) is 8.87. The van der Waals surface area contributed by atoms with Crippen LogP contribution in [0.25, 0.3) is 0 Å². The molecule has 0 atom stereocenters. The van der Waals surface area contributed by atoms with Crippen molar-refractivity contribution in [2.75, 3.05) is 0 Å². The van der Waals surface area contributed by atoms with Crippen molar-refractivity contribution in [1.29, 1.82) is 0 Å². The minimum atomic E-state index is -0.645. The van der Waals surface area contributed by atoms with E-state index < -0.39 is 22.4 Å². The smallest absolute Gasteiger partial charge is 0.123 e. The molecule has 1 aromatic carbocycles. The molecule has 4 nitrogen and oxygen atoms in total.